The first kappa shape index (κ1) is 15.0. The van der Waals surface area contributed by atoms with Gasteiger partial charge in [0.15, 0.2) is 0 Å². The monoisotopic (exact) mass is 275 g/mol. The van der Waals surface area contributed by atoms with E-state index < -0.39 is 12.0 Å². The van der Waals surface area contributed by atoms with Gasteiger partial charge in [0, 0.05) is 6.04 Å². The Balaban J connectivity index is 1.88. The third-order valence-electron chi connectivity index (χ3n) is 4.44. The molecule has 2 rings (SSSR count). The topological polar surface area (TPSA) is 49.3 Å². The van der Waals surface area contributed by atoms with Crippen molar-refractivity contribution in [2.45, 2.75) is 57.5 Å². The van der Waals surface area contributed by atoms with Gasteiger partial charge in [-0.05, 0) is 43.6 Å². The quantitative estimate of drug-likeness (QED) is 0.838. The van der Waals surface area contributed by atoms with Gasteiger partial charge in [-0.25, -0.2) is 0 Å². The first-order valence-corrected chi connectivity index (χ1v) is 7.71. The summed E-state index contributed by atoms with van der Waals surface area (Å²) in [6, 6.07) is 9.75. The highest BCUT2D eigenvalue weighted by atomic mass is 16.4. The highest BCUT2D eigenvalue weighted by molar-refractivity contribution is 5.74. The van der Waals surface area contributed by atoms with Gasteiger partial charge in [-0.15, -0.1) is 0 Å². The van der Waals surface area contributed by atoms with Crippen molar-refractivity contribution in [2.75, 3.05) is 0 Å². The van der Waals surface area contributed by atoms with Crippen LogP contribution < -0.4 is 5.32 Å². The predicted molar refractivity (Wildman–Crippen MR) is 80.7 cm³/mol. The molecule has 3 heteroatoms. The standard InChI is InChI=1S/C17H25NO2/c1-2-13-8-10-15(11-9-13)18-16(17(19)20)12-14-6-4-3-5-7-14/h3-7,13,15-16,18H,2,8-12H2,1H3,(H,19,20)/t13?,15?,16-/m0/s1. The van der Waals surface area contributed by atoms with Crippen LogP contribution in [-0.2, 0) is 11.2 Å². The van der Waals surface area contributed by atoms with Crippen LogP contribution in [0.5, 0.6) is 0 Å². The molecule has 0 heterocycles. The minimum Gasteiger partial charge on any atom is -0.480 e. The van der Waals surface area contributed by atoms with Gasteiger partial charge in [0.1, 0.15) is 6.04 Å². The second-order valence-electron chi connectivity index (χ2n) is 5.87. The number of nitrogens with one attached hydrogen (secondary N) is 1. The molecular weight excluding hydrogens is 250 g/mol. The second-order valence-corrected chi connectivity index (χ2v) is 5.87. The van der Waals surface area contributed by atoms with Crippen molar-refractivity contribution in [3.05, 3.63) is 35.9 Å². The zero-order valence-electron chi connectivity index (χ0n) is 12.2. The second kappa shape index (κ2) is 7.44. The molecule has 1 fully saturated rings. The van der Waals surface area contributed by atoms with E-state index >= 15 is 0 Å². The molecule has 1 atom stereocenters. The summed E-state index contributed by atoms with van der Waals surface area (Å²) in [6.45, 7) is 2.24. The summed E-state index contributed by atoms with van der Waals surface area (Å²) in [4.78, 5) is 11.4. The van der Waals surface area contributed by atoms with Crippen molar-refractivity contribution in [1.29, 1.82) is 0 Å². The van der Waals surface area contributed by atoms with Crippen LogP contribution >= 0.6 is 0 Å². The number of carboxylic acids is 1. The molecule has 1 saturated carbocycles. The van der Waals surface area contributed by atoms with E-state index in [1.807, 2.05) is 30.3 Å². The average molecular weight is 275 g/mol. The summed E-state index contributed by atoms with van der Waals surface area (Å²) >= 11 is 0. The number of hydrogen-bond donors (Lipinski definition) is 2. The lowest BCUT2D eigenvalue weighted by Crippen LogP contribution is -2.46. The number of benzene rings is 1. The van der Waals surface area contributed by atoms with Crippen molar-refractivity contribution in [2.24, 2.45) is 5.92 Å². The Morgan fingerprint density at radius 1 is 1.25 bits per heavy atom. The molecule has 20 heavy (non-hydrogen) atoms. The summed E-state index contributed by atoms with van der Waals surface area (Å²) in [5.41, 5.74) is 1.08. The van der Waals surface area contributed by atoms with Crippen LogP contribution in [0.2, 0.25) is 0 Å². The maximum Gasteiger partial charge on any atom is 0.321 e. The lowest BCUT2D eigenvalue weighted by atomic mass is 9.84. The van der Waals surface area contributed by atoms with Crippen molar-refractivity contribution in [3.8, 4) is 0 Å². The van der Waals surface area contributed by atoms with Crippen molar-refractivity contribution in [3.63, 3.8) is 0 Å². The third-order valence-corrected chi connectivity index (χ3v) is 4.44. The smallest absolute Gasteiger partial charge is 0.321 e. The summed E-state index contributed by atoms with van der Waals surface area (Å²) in [5.74, 6) is 0.0944. The summed E-state index contributed by atoms with van der Waals surface area (Å²) in [5, 5.41) is 12.7. The van der Waals surface area contributed by atoms with Gasteiger partial charge in [-0.2, -0.15) is 0 Å². The van der Waals surface area contributed by atoms with Gasteiger partial charge in [0.05, 0.1) is 0 Å². The lowest BCUT2D eigenvalue weighted by Gasteiger charge is -2.30. The van der Waals surface area contributed by atoms with E-state index in [0.717, 1.165) is 24.3 Å². The normalized spacial score (nSPS) is 24.2. The molecule has 0 saturated heterocycles. The molecule has 0 aromatic heterocycles. The van der Waals surface area contributed by atoms with Gasteiger partial charge in [-0.1, -0.05) is 43.7 Å². The highest BCUT2D eigenvalue weighted by Gasteiger charge is 2.25. The summed E-state index contributed by atoms with van der Waals surface area (Å²) in [6.07, 6.45) is 6.48. The number of aliphatic carboxylic acids is 1. The van der Waals surface area contributed by atoms with Crippen LogP contribution in [0.1, 0.15) is 44.6 Å². The highest BCUT2D eigenvalue weighted by Crippen LogP contribution is 2.26. The fourth-order valence-corrected chi connectivity index (χ4v) is 3.09. The van der Waals surface area contributed by atoms with E-state index in [9.17, 15) is 9.90 Å². The van der Waals surface area contributed by atoms with Gasteiger partial charge < -0.3 is 10.4 Å². The molecule has 2 N–H and O–H groups in total. The van der Waals surface area contributed by atoms with E-state index in [-0.39, 0.29) is 0 Å². The Hall–Kier alpha value is -1.35. The van der Waals surface area contributed by atoms with Crippen LogP contribution in [0.15, 0.2) is 30.3 Å². The lowest BCUT2D eigenvalue weighted by molar-refractivity contribution is -0.139. The summed E-state index contributed by atoms with van der Waals surface area (Å²) < 4.78 is 0. The first-order chi connectivity index (χ1) is 9.69. The minimum atomic E-state index is -0.744. The molecule has 1 aromatic carbocycles. The Kier molecular flexibility index (Phi) is 5.60. The molecule has 1 aliphatic rings. The molecule has 1 aromatic rings. The van der Waals surface area contributed by atoms with E-state index in [0.29, 0.717) is 12.5 Å². The van der Waals surface area contributed by atoms with E-state index in [1.165, 1.54) is 19.3 Å². The van der Waals surface area contributed by atoms with E-state index in [4.69, 9.17) is 0 Å². The SMILES string of the molecule is CCC1CCC(N[C@@H](Cc2ccccc2)C(=O)O)CC1. The van der Waals surface area contributed by atoms with Crippen LogP contribution in [-0.4, -0.2) is 23.2 Å². The van der Waals surface area contributed by atoms with Crippen molar-refractivity contribution < 1.29 is 9.90 Å². The first-order valence-electron chi connectivity index (χ1n) is 7.71. The fourth-order valence-electron chi connectivity index (χ4n) is 3.09. The maximum atomic E-state index is 11.4. The summed E-state index contributed by atoms with van der Waals surface area (Å²) in [7, 11) is 0. The minimum absolute atomic E-state index is 0.364. The maximum absolute atomic E-state index is 11.4. The van der Waals surface area contributed by atoms with Crippen LogP contribution in [0.3, 0.4) is 0 Å². The zero-order valence-corrected chi connectivity index (χ0v) is 12.2. The number of hydrogen-bond acceptors (Lipinski definition) is 2. The van der Waals surface area contributed by atoms with E-state index in [2.05, 4.69) is 12.2 Å². The fraction of sp³-hybridized carbons (Fsp3) is 0.588. The predicted octanol–water partition coefficient (Wildman–Crippen LogP) is 3.24. The molecule has 0 spiro atoms. The average Bonchev–Trinajstić information content (AvgIpc) is 2.48. The molecule has 1 aliphatic carbocycles. The third kappa shape index (κ3) is 4.34. The Labute approximate surface area is 121 Å². The number of carbonyl (C=O) groups is 1. The van der Waals surface area contributed by atoms with Gasteiger partial charge >= 0.3 is 5.97 Å². The van der Waals surface area contributed by atoms with Gasteiger partial charge in [0.2, 0.25) is 0 Å². The Bertz CT molecular complexity index is 410. The van der Waals surface area contributed by atoms with Crippen molar-refractivity contribution >= 4 is 5.97 Å². The number of rotatable bonds is 6. The molecule has 0 bridgehead atoms. The number of carboxylic acid groups (broad SMARTS) is 1. The largest absolute Gasteiger partial charge is 0.480 e. The molecule has 3 nitrogen and oxygen atoms in total. The molecular formula is C17H25NO2. The molecule has 0 aliphatic heterocycles. The zero-order chi connectivity index (χ0) is 14.4. The molecule has 0 radical (unpaired) electrons. The van der Waals surface area contributed by atoms with Crippen LogP contribution in [0.25, 0.3) is 0 Å². The molecule has 0 unspecified atom stereocenters. The van der Waals surface area contributed by atoms with Gasteiger partial charge in [-0.3, -0.25) is 4.79 Å². The van der Waals surface area contributed by atoms with Crippen LogP contribution in [0.4, 0.5) is 0 Å². The van der Waals surface area contributed by atoms with Crippen LogP contribution in [0, 0.1) is 5.92 Å². The van der Waals surface area contributed by atoms with E-state index in [1.54, 1.807) is 0 Å². The van der Waals surface area contributed by atoms with Gasteiger partial charge in [0.25, 0.3) is 0 Å². The van der Waals surface area contributed by atoms with Crippen molar-refractivity contribution in [1.82, 2.24) is 5.32 Å². The Morgan fingerprint density at radius 3 is 2.45 bits per heavy atom. The molecule has 0 amide bonds. The Morgan fingerprint density at radius 2 is 1.90 bits per heavy atom. The molecule has 110 valence electrons.